The van der Waals surface area contributed by atoms with Crippen molar-refractivity contribution < 1.29 is 14.3 Å². The van der Waals surface area contributed by atoms with Gasteiger partial charge < -0.3 is 14.4 Å². The summed E-state index contributed by atoms with van der Waals surface area (Å²) in [4.78, 5) is 13.9. The molecule has 0 spiro atoms. The number of carbonyl (C=O) groups is 1. The van der Waals surface area contributed by atoms with Crippen LogP contribution >= 0.6 is 23.5 Å². The minimum Gasteiger partial charge on any atom is -0.493 e. The number of methoxy groups -OCH3 is 2. The zero-order valence-corrected chi connectivity index (χ0v) is 13.6. The van der Waals surface area contributed by atoms with E-state index in [0.717, 1.165) is 17.9 Å². The first-order valence-corrected chi connectivity index (χ1v) is 8.77. The fraction of sp³-hybridized carbons (Fsp3) is 0.500. The van der Waals surface area contributed by atoms with Crippen molar-refractivity contribution >= 4 is 29.4 Å². The van der Waals surface area contributed by atoms with Crippen LogP contribution < -0.4 is 9.47 Å². The molecule has 0 bridgehead atoms. The van der Waals surface area contributed by atoms with E-state index in [1.54, 1.807) is 37.7 Å². The van der Waals surface area contributed by atoms with Crippen LogP contribution in [0.3, 0.4) is 0 Å². The van der Waals surface area contributed by atoms with Gasteiger partial charge in [0.1, 0.15) is 5.37 Å². The highest BCUT2D eigenvalue weighted by atomic mass is 32.2. The van der Waals surface area contributed by atoms with Crippen LogP contribution in [0.2, 0.25) is 0 Å². The van der Waals surface area contributed by atoms with Crippen LogP contribution in [0.25, 0.3) is 0 Å². The molecular weight excluding hydrogens is 294 g/mol. The van der Waals surface area contributed by atoms with Crippen molar-refractivity contribution in [1.29, 1.82) is 0 Å². The average Bonchev–Trinajstić information content (AvgIpc) is 2.85. The molecule has 6 heteroatoms. The molecule has 1 unspecified atom stereocenters. The average molecular weight is 313 g/mol. The van der Waals surface area contributed by atoms with Gasteiger partial charge >= 0.3 is 0 Å². The third-order valence-corrected chi connectivity index (χ3v) is 5.04. The zero-order valence-electron chi connectivity index (χ0n) is 11.9. The molecule has 0 saturated carbocycles. The van der Waals surface area contributed by atoms with Crippen LogP contribution in [-0.4, -0.2) is 49.3 Å². The number of benzene rings is 1. The first kappa shape index (κ1) is 15.4. The molecule has 1 heterocycles. The number of carbonyl (C=O) groups excluding carboxylic acids is 1. The van der Waals surface area contributed by atoms with E-state index in [1.807, 2.05) is 23.1 Å². The second kappa shape index (κ2) is 7.13. The van der Waals surface area contributed by atoms with Gasteiger partial charge in [-0.15, -0.1) is 11.8 Å². The van der Waals surface area contributed by atoms with Crippen LogP contribution in [-0.2, 0) is 4.79 Å². The lowest BCUT2D eigenvalue weighted by atomic mass is 10.2. The van der Waals surface area contributed by atoms with Gasteiger partial charge in [-0.05, 0) is 24.0 Å². The van der Waals surface area contributed by atoms with Gasteiger partial charge in [0.05, 0.1) is 20.0 Å². The summed E-state index contributed by atoms with van der Waals surface area (Å²) in [6.45, 7) is 0.784. The van der Waals surface area contributed by atoms with E-state index in [9.17, 15) is 4.79 Å². The highest BCUT2D eigenvalue weighted by Gasteiger charge is 2.32. The summed E-state index contributed by atoms with van der Waals surface area (Å²) >= 11 is 3.42. The summed E-state index contributed by atoms with van der Waals surface area (Å²) in [6.07, 6.45) is 2.05. The molecule has 1 aliphatic rings. The summed E-state index contributed by atoms with van der Waals surface area (Å²) in [6, 6.07) is 5.86. The lowest BCUT2D eigenvalue weighted by Crippen LogP contribution is -2.30. The van der Waals surface area contributed by atoms with Crippen molar-refractivity contribution in [3.8, 4) is 11.5 Å². The maximum atomic E-state index is 12.0. The molecule has 0 N–H and O–H groups in total. The van der Waals surface area contributed by atoms with Crippen molar-refractivity contribution in [3.05, 3.63) is 23.8 Å². The Morgan fingerprint density at radius 1 is 1.35 bits per heavy atom. The number of thioether (sulfide) groups is 2. The SMILES string of the molecule is COc1ccc(C2SCC(=O)N2CCSC)cc1OC. The van der Waals surface area contributed by atoms with Crippen LogP contribution in [0.1, 0.15) is 10.9 Å². The lowest BCUT2D eigenvalue weighted by Gasteiger charge is -2.24. The highest BCUT2D eigenvalue weighted by Crippen LogP contribution is 2.41. The van der Waals surface area contributed by atoms with Crippen LogP contribution in [0.5, 0.6) is 11.5 Å². The van der Waals surface area contributed by atoms with Gasteiger partial charge in [-0.25, -0.2) is 0 Å². The summed E-state index contributed by atoms with van der Waals surface area (Å²) in [5.74, 6) is 3.13. The van der Waals surface area contributed by atoms with Gasteiger partial charge in [-0.2, -0.15) is 11.8 Å². The molecule has 0 aliphatic carbocycles. The molecule has 1 aromatic carbocycles. The van der Waals surface area contributed by atoms with Crippen molar-refractivity contribution in [1.82, 2.24) is 4.90 Å². The van der Waals surface area contributed by atoms with Gasteiger partial charge in [0, 0.05) is 12.3 Å². The molecule has 1 atom stereocenters. The predicted molar refractivity (Wildman–Crippen MR) is 84.8 cm³/mol. The second-order valence-electron chi connectivity index (χ2n) is 4.36. The van der Waals surface area contributed by atoms with Crippen molar-refractivity contribution in [3.63, 3.8) is 0 Å². The van der Waals surface area contributed by atoms with Crippen LogP contribution in [0, 0.1) is 0 Å². The molecule has 0 aromatic heterocycles. The Labute approximate surface area is 128 Å². The molecule has 4 nitrogen and oxygen atoms in total. The summed E-state index contributed by atoms with van der Waals surface area (Å²) in [7, 11) is 3.25. The molecular formula is C14H19NO3S2. The smallest absolute Gasteiger partial charge is 0.233 e. The maximum Gasteiger partial charge on any atom is 0.233 e. The van der Waals surface area contributed by atoms with E-state index in [4.69, 9.17) is 9.47 Å². The minimum atomic E-state index is 0.0782. The summed E-state index contributed by atoms with van der Waals surface area (Å²) in [5.41, 5.74) is 1.08. The molecule has 1 aromatic rings. The van der Waals surface area contributed by atoms with Gasteiger partial charge in [-0.1, -0.05) is 6.07 Å². The molecule has 1 fully saturated rings. The van der Waals surface area contributed by atoms with E-state index >= 15 is 0 Å². The third kappa shape index (κ3) is 3.17. The number of ether oxygens (including phenoxy) is 2. The van der Waals surface area contributed by atoms with Gasteiger partial charge in [0.25, 0.3) is 0 Å². The van der Waals surface area contributed by atoms with Crippen LogP contribution in [0.15, 0.2) is 18.2 Å². The van der Waals surface area contributed by atoms with E-state index in [0.29, 0.717) is 17.3 Å². The molecule has 20 heavy (non-hydrogen) atoms. The van der Waals surface area contributed by atoms with Gasteiger partial charge in [0.2, 0.25) is 5.91 Å². The van der Waals surface area contributed by atoms with E-state index < -0.39 is 0 Å². The van der Waals surface area contributed by atoms with Crippen molar-refractivity contribution in [2.24, 2.45) is 0 Å². The molecule has 2 rings (SSSR count). The Morgan fingerprint density at radius 3 is 2.75 bits per heavy atom. The standard InChI is InChI=1S/C14H19NO3S2/c1-17-11-5-4-10(8-12(11)18-2)14-15(6-7-19-3)13(16)9-20-14/h4-5,8,14H,6-7,9H2,1-3H3. The molecule has 110 valence electrons. The first-order chi connectivity index (χ1) is 9.71. The molecule has 1 amide bonds. The molecule has 1 saturated heterocycles. The molecule has 0 radical (unpaired) electrons. The molecule has 1 aliphatic heterocycles. The second-order valence-corrected chi connectivity index (χ2v) is 6.41. The quantitative estimate of drug-likeness (QED) is 0.807. The Hall–Kier alpha value is -1.01. The minimum absolute atomic E-state index is 0.0782. The number of hydrogen-bond donors (Lipinski definition) is 0. The fourth-order valence-corrected chi connectivity index (χ4v) is 3.76. The Bertz CT molecular complexity index is 481. The van der Waals surface area contributed by atoms with Gasteiger partial charge in [0.15, 0.2) is 11.5 Å². The van der Waals surface area contributed by atoms with E-state index in [1.165, 1.54) is 0 Å². The number of hydrogen-bond acceptors (Lipinski definition) is 5. The Balaban J connectivity index is 2.23. The topological polar surface area (TPSA) is 38.8 Å². The first-order valence-electron chi connectivity index (χ1n) is 6.33. The lowest BCUT2D eigenvalue weighted by molar-refractivity contribution is -0.127. The number of nitrogens with zero attached hydrogens (tertiary/aromatic N) is 1. The Morgan fingerprint density at radius 2 is 2.10 bits per heavy atom. The predicted octanol–water partition coefficient (Wildman–Crippen LogP) is 2.64. The van der Waals surface area contributed by atoms with Gasteiger partial charge in [-0.3, -0.25) is 4.79 Å². The number of rotatable bonds is 6. The van der Waals surface area contributed by atoms with E-state index in [-0.39, 0.29) is 11.3 Å². The highest BCUT2D eigenvalue weighted by molar-refractivity contribution is 8.00. The summed E-state index contributed by atoms with van der Waals surface area (Å²) < 4.78 is 10.6. The van der Waals surface area contributed by atoms with E-state index in [2.05, 4.69) is 6.26 Å². The largest absolute Gasteiger partial charge is 0.493 e. The Kier molecular flexibility index (Phi) is 5.48. The summed E-state index contributed by atoms with van der Waals surface area (Å²) in [5, 5.41) is 0.0782. The normalized spacial score (nSPS) is 18.4. The zero-order chi connectivity index (χ0) is 14.5. The fourth-order valence-electron chi connectivity index (χ4n) is 2.17. The van der Waals surface area contributed by atoms with Crippen molar-refractivity contribution in [2.75, 3.05) is 38.5 Å². The number of amides is 1. The monoisotopic (exact) mass is 313 g/mol. The maximum absolute atomic E-state index is 12.0. The van der Waals surface area contributed by atoms with Crippen molar-refractivity contribution in [2.45, 2.75) is 5.37 Å². The third-order valence-electron chi connectivity index (χ3n) is 3.20. The van der Waals surface area contributed by atoms with Crippen LogP contribution in [0.4, 0.5) is 0 Å².